The Balaban J connectivity index is 0.000000921. The fourth-order valence-corrected chi connectivity index (χ4v) is 2.45. The van der Waals surface area contributed by atoms with Crippen LogP contribution in [0.15, 0.2) is 10.4 Å². The van der Waals surface area contributed by atoms with Gasteiger partial charge in [0.25, 0.3) is 0 Å². The fraction of sp³-hybridized carbons (Fsp3) is 0.667. The summed E-state index contributed by atoms with van der Waals surface area (Å²) in [4.78, 5) is 3.84. The molecule has 6 heteroatoms. The summed E-state index contributed by atoms with van der Waals surface area (Å²) in [6, 6.07) is 0. The summed E-state index contributed by atoms with van der Waals surface area (Å²) in [6.45, 7) is 7.13. The highest BCUT2D eigenvalue weighted by Crippen LogP contribution is 2.27. The maximum atomic E-state index is 11.1. The zero-order valence-electron chi connectivity index (χ0n) is 9.60. The van der Waals surface area contributed by atoms with Crippen molar-refractivity contribution >= 4 is 21.2 Å². The summed E-state index contributed by atoms with van der Waals surface area (Å²) in [5.41, 5.74) is -1.08. The van der Waals surface area contributed by atoms with Crippen molar-refractivity contribution in [3.8, 4) is 0 Å². The third kappa shape index (κ3) is 4.27. The van der Waals surface area contributed by atoms with E-state index in [0.29, 0.717) is 5.01 Å². The van der Waals surface area contributed by atoms with E-state index < -0.39 is 15.4 Å². The van der Waals surface area contributed by atoms with Crippen molar-refractivity contribution in [3.05, 3.63) is 11.2 Å². The Morgan fingerprint density at radius 1 is 1.40 bits per heavy atom. The van der Waals surface area contributed by atoms with Crippen LogP contribution in [-0.2, 0) is 15.4 Å². The molecule has 0 bridgehead atoms. The minimum Gasteiger partial charge on any atom is -0.383 e. The highest BCUT2D eigenvalue weighted by molar-refractivity contribution is 7.92. The van der Waals surface area contributed by atoms with Gasteiger partial charge < -0.3 is 5.11 Å². The van der Waals surface area contributed by atoms with Crippen molar-refractivity contribution in [2.45, 2.75) is 37.5 Å². The van der Waals surface area contributed by atoms with Gasteiger partial charge in [-0.15, -0.1) is 11.3 Å². The molecule has 0 aromatic carbocycles. The van der Waals surface area contributed by atoms with Crippen LogP contribution >= 0.6 is 11.3 Å². The van der Waals surface area contributed by atoms with Gasteiger partial charge in [0.1, 0.15) is 14.8 Å². The Labute approximate surface area is 94.9 Å². The first-order valence-corrected chi connectivity index (χ1v) is 7.31. The summed E-state index contributed by atoms with van der Waals surface area (Å²) < 4.78 is 22.3. The summed E-state index contributed by atoms with van der Waals surface area (Å²) in [6.07, 6.45) is 2.39. The third-order valence-corrected chi connectivity index (χ3v) is 4.47. The minimum atomic E-state index is -3.20. The van der Waals surface area contributed by atoms with Crippen LogP contribution in [0.2, 0.25) is 0 Å². The van der Waals surface area contributed by atoms with Gasteiger partial charge in [-0.25, -0.2) is 13.4 Å². The number of hydrogen-bond donors (Lipinski definition) is 1. The van der Waals surface area contributed by atoms with Gasteiger partial charge in [-0.3, -0.25) is 0 Å². The maximum Gasteiger partial charge on any atom is 0.186 e. The summed E-state index contributed by atoms with van der Waals surface area (Å²) >= 11 is 0.998. The first-order valence-electron chi connectivity index (χ1n) is 4.60. The lowest BCUT2D eigenvalue weighted by Crippen LogP contribution is -2.14. The predicted molar refractivity (Wildman–Crippen MR) is 61.8 cm³/mol. The zero-order valence-corrected chi connectivity index (χ0v) is 11.2. The Bertz CT molecular complexity index is 401. The molecule has 1 rings (SSSR count). The van der Waals surface area contributed by atoms with Gasteiger partial charge in [-0.2, -0.15) is 0 Å². The first-order chi connectivity index (χ1) is 6.71. The topological polar surface area (TPSA) is 67.3 Å². The molecule has 1 aromatic heterocycles. The van der Waals surface area contributed by atoms with E-state index in [1.54, 1.807) is 13.8 Å². The third-order valence-electron chi connectivity index (χ3n) is 1.37. The average Bonchev–Trinajstić information content (AvgIpc) is 2.53. The number of hydrogen-bond acceptors (Lipinski definition) is 5. The SMILES string of the molecule is CC.CC(C)(O)c1ncc(S(C)(=O)=O)s1. The Kier molecular flexibility index (Phi) is 4.89. The van der Waals surface area contributed by atoms with Crippen LogP contribution in [-0.4, -0.2) is 24.8 Å². The van der Waals surface area contributed by atoms with Crippen LogP contribution in [0.5, 0.6) is 0 Å². The zero-order chi connectivity index (χ0) is 12.3. The second-order valence-electron chi connectivity index (χ2n) is 3.32. The minimum absolute atomic E-state index is 0.185. The number of thiazole rings is 1. The Morgan fingerprint density at radius 2 is 1.87 bits per heavy atom. The van der Waals surface area contributed by atoms with Crippen LogP contribution in [0.3, 0.4) is 0 Å². The number of aromatic nitrogens is 1. The molecule has 0 amide bonds. The second kappa shape index (κ2) is 5.05. The van der Waals surface area contributed by atoms with Gasteiger partial charge >= 0.3 is 0 Å². The predicted octanol–water partition coefficient (Wildman–Crippen LogP) is 1.80. The quantitative estimate of drug-likeness (QED) is 0.870. The highest BCUT2D eigenvalue weighted by Gasteiger charge is 2.22. The molecule has 1 N–H and O–H groups in total. The van der Waals surface area contributed by atoms with Crippen molar-refractivity contribution in [2.24, 2.45) is 0 Å². The molecular weight excluding hydrogens is 234 g/mol. The largest absolute Gasteiger partial charge is 0.383 e. The average molecular weight is 251 g/mol. The summed E-state index contributed by atoms with van der Waals surface area (Å²) in [5.74, 6) is 0. The molecule has 1 aromatic rings. The molecular formula is C9H17NO3S2. The summed E-state index contributed by atoms with van der Waals surface area (Å²) in [7, 11) is -3.20. The van der Waals surface area contributed by atoms with Crippen LogP contribution in [0.4, 0.5) is 0 Å². The van der Waals surface area contributed by atoms with E-state index in [9.17, 15) is 13.5 Å². The fourth-order valence-electron chi connectivity index (χ4n) is 0.714. The second-order valence-corrected chi connectivity index (χ2v) is 6.59. The molecule has 0 saturated heterocycles. The molecule has 0 aliphatic heterocycles. The van der Waals surface area contributed by atoms with Crippen molar-refractivity contribution in [3.63, 3.8) is 0 Å². The van der Waals surface area contributed by atoms with Crippen LogP contribution in [0, 0.1) is 0 Å². The van der Waals surface area contributed by atoms with E-state index in [0.717, 1.165) is 17.6 Å². The lowest BCUT2D eigenvalue weighted by Gasteiger charge is -2.11. The lowest BCUT2D eigenvalue weighted by atomic mass is 10.2. The molecule has 0 fully saturated rings. The van der Waals surface area contributed by atoms with E-state index in [-0.39, 0.29) is 4.21 Å². The van der Waals surface area contributed by atoms with Crippen LogP contribution in [0.25, 0.3) is 0 Å². The van der Waals surface area contributed by atoms with Crippen molar-refractivity contribution in [2.75, 3.05) is 6.26 Å². The first kappa shape index (κ1) is 14.5. The number of aliphatic hydroxyl groups is 1. The van der Waals surface area contributed by atoms with Crippen LogP contribution in [0.1, 0.15) is 32.7 Å². The standard InChI is InChI=1S/C7H11NO3S2.C2H6/c1-7(2,9)6-8-4-5(12-6)13(3,10)11;1-2/h4,9H,1-3H3;1-2H3. The molecule has 4 nitrogen and oxygen atoms in total. The molecule has 0 saturated carbocycles. The van der Waals surface area contributed by atoms with Crippen molar-refractivity contribution in [1.82, 2.24) is 4.98 Å². The van der Waals surface area contributed by atoms with Crippen LogP contribution < -0.4 is 0 Å². The maximum absolute atomic E-state index is 11.1. The number of sulfone groups is 1. The highest BCUT2D eigenvalue weighted by atomic mass is 32.2. The molecule has 1 heterocycles. The molecule has 0 radical (unpaired) electrons. The van der Waals surface area contributed by atoms with E-state index in [4.69, 9.17) is 0 Å². The molecule has 0 atom stereocenters. The van der Waals surface area contributed by atoms with Gasteiger partial charge in [0, 0.05) is 6.26 Å². The number of rotatable bonds is 2. The van der Waals surface area contributed by atoms with E-state index in [1.165, 1.54) is 6.20 Å². The summed E-state index contributed by atoms with van der Waals surface area (Å²) in [5, 5.41) is 9.93. The molecule has 0 spiro atoms. The molecule has 0 aliphatic carbocycles. The smallest absolute Gasteiger partial charge is 0.186 e. The Hall–Kier alpha value is -0.460. The van der Waals surface area contributed by atoms with E-state index in [2.05, 4.69) is 4.98 Å². The lowest BCUT2D eigenvalue weighted by molar-refractivity contribution is 0.0783. The van der Waals surface area contributed by atoms with Gasteiger partial charge in [-0.1, -0.05) is 13.8 Å². The van der Waals surface area contributed by atoms with Gasteiger partial charge in [0.15, 0.2) is 9.84 Å². The van der Waals surface area contributed by atoms with Gasteiger partial charge in [0.05, 0.1) is 6.20 Å². The monoisotopic (exact) mass is 251 g/mol. The molecule has 15 heavy (non-hydrogen) atoms. The normalized spacial score (nSPS) is 11.9. The van der Waals surface area contributed by atoms with Crippen molar-refractivity contribution in [1.29, 1.82) is 0 Å². The molecule has 0 aliphatic rings. The number of nitrogens with zero attached hydrogens (tertiary/aromatic N) is 1. The molecule has 88 valence electrons. The van der Waals surface area contributed by atoms with Gasteiger partial charge in [0.2, 0.25) is 0 Å². The Morgan fingerprint density at radius 3 is 2.07 bits per heavy atom. The van der Waals surface area contributed by atoms with E-state index in [1.807, 2.05) is 13.8 Å². The van der Waals surface area contributed by atoms with Crippen molar-refractivity contribution < 1.29 is 13.5 Å². The van der Waals surface area contributed by atoms with E-state index >= 15 is 0 Å². The van der Waals surface area contributed by atoms with Gasteiger partial charge in [-0.05, 0) is 13.8 Å². The molecule has 0 unspecified atom stereocenters.